The number of aromatic nitrogens is 2. The van der Waals surface area contributed by atoms with Crippen LogP contribution in [0.15, 0.2) is 0 Å². The largest absolute Gasteiger partial charge is 0.373 e. The molecule has 0 amide bonds. The molecule has 90 valence electrons. The second-order valence-corrected chi connectivity index (χ2v) is 4.59. The Morgan fingerprint density at radius 1 is 1.25 bits per heavy atom. The van der Waals surface area contributed by atoms with Crippen LogP contribution in [-0.4, -0.2) is 30.6 Å². The second kappa shape index (κ2) is 5.14. The third kappa shape index (κ3) is 2.84. The minimum atomic E-state index is 0.623. The van der Waals surface area contributed by atoms with E-state index in [4.69, 9.17) is 0 Å². The average Bonchev–Trinajstić information content (AvgIpc) is 2.19. The molecule has 0 atom stereocenters. The molecule has 1 heterocycles. The van der Waals surface area contributed by atoms with E-state index in [1.54, 1.807) is 0 Å². The van der Waals surface area contributed by atoms with Crippen molar-refractivity contribution >= 4 is 11.6 Å². The van der Waals surface area contributed by atoms with Gasteiger partial charge in [0, 0.05) is 26.2 Å². The number of hydrogen-bond donors (Lipinski definition) is 1. The second-order valence-electron chi connectivity index (χ2n) is 4.59. The first-order valence-corrected chi connectivity index (χ1v) is 5.69. The highest BCUT2D eigenvalue weighted by atomic mass is 15.2. The van der Waals surface area contributed by atoms with E-state index in [2.05, 4.69) is 48.0 Å². The van der Waals surface area contributed by atoms with E-state index in [0.29, 0.717) is 5.92 Å². The Labute approximate surface area is 98.1 Å². The number of nitrogens with zero attached hydrogens (tertiary/aromatic N) is 3. The van der Waals surface area contributed by atoms with Gasteiger partial charge in [-0.1, -0.05) is 13.8 Å². The Balaban J connectivity index is 3.07. The molecule has 1 N–H and O–H groups in total. The fourth-order valence-electron chi connectivity index (χ4n) is 1.86. The lowest BCUT2D eigenvalue weighted by Crippen LogP contribution is -2.25. The molecule has 0 fully saturated rings. The van der Waals surface area contributed by atoms with Gasteiger partial charge in [-0.15, -0.1) is 0 Å². The Bertz CT molecular complexity index is 360. The van der Waals surface area contributed by atoms with E-state index in [-0.39, 0.29) is 0 Å². The van der Waals surface area contributed by atoms with Crippen LogP contribution in [-0.2, 0) is 0 Å². The Morgan fingerprint density at radius 2 is 1.88 bits per heavy atom. The van der Waals surface area contributed by atoms with Crippen molar-refractivity contribution in [2.45, 2.75) is 27.7 Å². The quantitative estimate of drug-likeness (QED) is 0.848. The molecule has 0 saturated carbocycles. The lowest BCUT2D eigenvalue weighted by molar-refractivity contribution is 0.632. The average molecular weight is 222 g/mol. The van der Waals surface area contributed by atoms with Crippen molar-refractivity contribution in [3.05, 3.63) is 11.4 Å². The van der Waals surface area contributed by atoms with Gasteiger partial charge in [0.1, 0.15) is 17.5 Å². The number of aryl methyl sites for hydroxylation is 1. The van der Waals surface area contributed by atoms with E-state index in [1.165, 1.54) is 0 Å². The summed E-state index contributed by atoms with van der Waals surface area (Å²) in [4.78, 5) is 11.1. The summed E-state index contributed by atoms with van der Waals surface area (Å²) in [7, 11) is 3.97. The summed E-state index contributed by atoms with van der Waals surface area (Å²) in [6, 6.07) is 0. The smallest absolute Gasteiger partial charge is 0.137 e. The highest BCUT2D eigenvalue weighted by Crippen LogP contribution is 2.22. The zero-order valence-electron chi connectivity index (χ0n) is 11.1. The van der Waals surface area contributed by atoms with E-state index in [1.807, 2.05) is 14.0 Å². The summed E-state index contributed by atoms with van der Waals surface area (Å²) in [5, 5.41) is 3.11. The van der Waals surface area contributed by atoms with Crippen molar-refractivity contribution in [2.24, 2.45) is 5.92 Å². The predicted octanol–water partition coefficient (Wildman–Crippen LogP) is 2.23. The number of nitrogens with one attached hydrogen (secondary N) is 1. The molecular formula is C12H22N4. The maximum Gasteiger partial charge on any atom is 0.137 e. The van der Waals surface area contributed by atoms with Crippen LogP contribution < -0.4 is 10.2 Å². The predicted molar refractivity (Wildman–Crippen MR) is 69.2 cm³/mol. The molecule has 0 bridgehead atoms. The lowest BCUT2D eigenvalue weighted by atomic mass is 10.2. The van der Waals surface area contributed by atoms with Gasteiger partial charge in [0.05, 0.1) is 0 Å². The molecule has 0 aliphatic heterocycles. The van der Waals surface area contributed by atoms with Crippen molar-refractivity contribution < 1.29 is 0 Å². The molecule has 4 nitrogen and oxygen atoms in total. The van der Waals surface area contributed by atoms with Crippen LogP contribution >= 0.6 is 0 Å². The molecule has 0 aliphatic rings. The SMILES string of the molecule is CNc1nc(C)nc(N(C)CC(C)C)c1C. The zero-order chi connectivity index (χ0) is 12.3. The van der Waals surface area contributed by atoms with Gasteiger partial charge in [-0.05, 0) is 19.8 Å². The van der Waals surface area contributed by atoms with Gasteiger partial charge in [-0.2, -0.15) is 0 Å². The monoisotopic (exact) mass is 222 g/mol. The molecule has 1 aromatic heterocycles. The fraction of sp³-hybridized carbons (Fsp3) is 0.667. The highest BCUT2D eigenvalue weighted by molar-refractivity contribution is 5.58. The minimum Gasteiger partial charge on any atom is -0.373 e. The van der Waals surface area contributed by atoms with Crippen molar-refractivity contribution in [1.29, 1.82) is 0 Å². The van der Waals surface area contributed by atoms with Gasteiger partial charge in [-0.25, -0.2) is 9.97 Å². The first-order valence-electron chi connectivity index (χ1n) is 5.69. The maximum atomic E-state index is 4.51. The van der Waals surface area contributed by atoms with E-state index in [0.717, 1.165) is 29.6 Å². The van der Waals surface area contributed by atoms with Crippen LogP contribution in [0.4, 0.5) is 11.6 Å². The van der Waals surface area contributed by atoms with E-state index >= 15 is 0 Å². The first kappa shape index (κ1) is 12.7. The van der Waals surface area contributed by atoms with Gasteiger partial charge >= 0.3 is 0 Å². The van der Waals surface area contributed by atoms with Gasteiger partial charge in [-0.3, -0.25) is 0 Å². The van der Waals surface area contributed by atoms with Crippen molar-refractivity contribution in [2.75, 3.05) is 30.9 Å². The number of rotatable bonds is 4. The summed E-state index contributed by atoms with van der Waals surface area (Å²) in [6.45, 7) is 9.39. The first-order chi connectivity index (χ1) is 7.45. The van der Waals surface area contributed by atoms with Crippen LogP contribution in [0, 0.1) is 19.8 Å². The van der Waals surface area contributed by atoms with Gasteiger partial charge in [0.15, 0.2) is 0 Å². The number of hydrogen-bond acceptors (Lipinski definition) is 4. The van der Waals surface area contributed by atoms with Crippen LogP contribution in [0.5, 0.6) is 0 Å². The molecular weight excluding hydrogens is 200 g/mol. The fourth-order valence-corrected chi connectivity index (χ4v) is 1.86. The normalized spacial score (nSPS) is 10.7. The Kier molecular flexibility index (Phi) is 4.10. The van der Waals surface area contributed by atoms with Crippen molar-refractivity contribution in [3.63, 3.8) is 0 Å². The Hall–Kier alpha value is -1.32. The molecule has 0 saturated heterocycles. The van der Waals surface area contributed by atoms with Crippen LogP contribution in [0.25, 0.3) is 0 Å². The molecule has 16 heavy (non-hydrogen) atoms. The molecule has 1 rings (SSSR count). The van der Waals surface area contributed by atoms with Gasteiger partial charge in [0.2, 0.25) is 0 Å². The zero-order valence-corrected chi connectivity index (χ0v) is 11.1. The Morgan fingerprint density at radius 3 is 2.38 bits per heavy atom. The minimum absolute atomic E-state index is 0.623. The standard InChI is InChI=1S/C12H22N4/c1-8(2)7-16(6)12-9(3)11(13-5)14-10(4)15-12/h8H,7H2,1-6H3,(H,13,14,15). The lowest BCUT2D eigenvalue weighted by Gasteiger charge is -2.23. The summed E-state index contributed by atoms with van der Waals surface area (Å²) >= 11 is 0. The van der Waals surface area contributed by atoms with Crippen LogP contribution in [0.2, 0.25) is 0 Å². The molecule has 1 aromatic rings. The third-order valence-corrected chi connectivity index (χ3v) is 2.47. The molecule has 0 unspecified atom stereocenters. The maximum absolute atomic E-state index is 4.51. The molecule has 4 heteroatoms. The number of anilines is 2. The molecule has 0 aliphatic carbocycles. The molecule has 0 spiro atoms. The molecule has 0 aromatic carbocycles. The third-order valence-electron chi connectivity index (χ3n) is 2.47. The summed E-state index contributed by atoms with van der Waals surface area (Å²) in [6.07, 6.45) is 0. The topological polar surface area (TPSA) is 41.1 Å². The highest BCUT2D eigenvalue weighted by Gasteiger charge is 2.12. The van der Waals surface area contributed by atoms with Crippen molar-refractivity contribution in [1.82, 2.24) is 9.97 Å². The van der Waals surface area contributed by atoms with Crippen LogP contribution in [0.1, 0.15) is 25.2 Å². The van der Waals surface area contributed by atoms with Crippen molar-refractivity contribution in [3.8, 4) is 0 Å². The summed E-state index contributed by atoms with van der Waals surface area (Å²) in [5.74, 6) is 3.36. The molecule has 0 radical (unpaired) electrons. The van der Waals surface area contributed by atoms with Gasteiger partial charge in [0.25, 0.3) is 0 Å². The van der Waals surface area contributed by atoms with E-state index < -0.39 is 0 Å². The van der Waals surface area contributed by atoms with Gasteiger partial charge < -0.3 is 10.2 Å². The van der Waals surface area contributed by atoms with E-state index in [9.17, 15) is 0 Å². The summed E-state index contributed by atoms with van der Waals surface area (Å²) in [5.41, 5.74) is 1.11. The van der Waals surface area contributed by atoms with Crippen LogP contribution in [0.3, 0.4) is 0 Å². The summed E-state index contributed by atoms with van der Waals surface area (Å²) < 4.78 is 0.